The normalized spacial score (nSPS) is 14.9. The van der Waals surface area contributed by atoms with E-state index in [-0.39, 0.29) is 0 Å². The lowest BCUT2D eigenvalue weighted by Crippen LogP contribution is -2.31. The van der Waals surface area contributed by atoms with Gasteiger partial charge in [0.1, 0.15) is 0 Å². The summed E-state index contributed by atoms with van der Waals surface area (Å²) in [4.78, 5) is 0. The SMILES string of the molecule is CCCC(CCC)NC(C)c1ccc2c(c1)OCO2. The zero-order valence-electron chi connectivity index (χ0n) is 12.2. The van der Waals surface area contributed by atoms with Gasteiger partial charge >= 0.3 is 0 Å². The molecule has 0 fully saturated rings. The van der Waals surface area contributed by atoms with Crippen LogP contribution in [0.15, 0.2) is 18.2 Å². The maximum atomic E-state index is 5.44. The number of hydrogen-bond donors (Lipinski definition) is 1. The van der Waals surface area contributed by atoms with Gasteiger partial charge in [-0.25, -0.2) is 0 Å². The number of hydrogen-bond acceptors (Lipinski definition) is 3. The van der Waals surface area contributed by atoms with Gasteiger partial charge in [-0.2, -0.15) is 0 Å². The molecule has 19 heavy (non-hydrogen) atoms. The highest BCUT2D eigenvalue weighted by Gasteiger charge is 2.17. The van der Waals surface area contributed by atoms with Crippen LogP contribution in [0.5, 0.6) is 11.5 Å². The molecule has 1 aliphatic rings. The Morgan fingerprint density at radius 1 is 1.11 bits per heavy atom. The molecule has 0 saturated heterocycles. The molecule has 1 unspecified atom stereocenters. The van der Waals surface area contributed by atoms with Gasteiger partial charge in [-0.3, -0.25) is 0 Å². The van der Waals surface area contributed by atoms with Crippen molar-refractivity contribution in [2.45, 2.75) is 58.5 Å². The van der Waals surface area contributed by atoms with Crippen LogP contribution in [-0.4, -0.2) is 12.8 Å². The van der Waals surface area contributed by atoms with E-state index in [1.165, 1.54) is 31.2 Å². The lowest BCUT2D eigenvalue weighted by Gasteiger charge is -2.23. The molecule has 0 radical (unpaired) electrons. The zero-order valence-corrected chi connectivity index (χ0v) is 12.2. The Balaban J connectivity index is 2.00. The number of rotatable bonds is 7. The highest BCUT2D eigenvalue weighted by molar-refractivity contribution is 5.45. The van der Waals surface area contributed by atoms with Crippen molar-refractivity contribution in [1.82, 2.24) is 5.32 Å². The van der Waals surface area contributed by atoms with Crippen LogP contribution in [-0.2, 0) is 0 Å². The van der Waals surface area contributed by atoms with E-state index >= 15 is 0 Å². The molecule has 0 spiro atoms. The molecule has 3 nitrogen and oxygen atoms in total. The maximum Gasteiger partial charge on any atom is 0.231 e. The third-order valence-electron chi connectivity index (χ3n) is 3.66. The second kappa shape index (κ2) is 6.80. The van der Waals surface area contributed by atoms with Gasteiger partial charge in [-0.05, 0) is 37.5 Å². The molecular weight excluding hydrogens is 238 g/mol. The minimum atomic E-state index is 0.342. The predicted octanol–water partition coefficient (Wildman–Crippen LogP) is 4.03. The topological polar surface area (TPSA) is 30.5 Å². The van der Waals surface area contributed by atoms with Gasteiger partial charge in [0.25, 0.3) is 0 Å². The molecule has 1 atom stereocenters. The van der Waals surface area contributed by atoms with E-state index in [4.69, 9.17) is 9.47 Å². The monoisotopic (exact) mass is 263 g/mol. The van der Waals surface area contributed by atoms with E-state index in [0.29, 0.717) is 18.9 Å². The Morgan fingerprint density at radius 3 is 2.47 bits per heavy atom. The van der Waals surface area contributed by atoms with Gasteiger partial charge < -0.3 is 14.8 Å². The highest BCUT2D eigenvalue weighted by Crippen LogP contribution is 2.34. The summed E-state index contributed by atoms with van der Waals surface area (Å²) < 4.78 is 10.8. The first-order valence-electron chi connectivity index (χ1n) is 7.40. The molecule has 0 bridgehead atoms. The van der Waals surface area contributed by atoms with Crippen LogP contribution in [0.3, 0.4) is 0 Å². The Bertz CT molecular complexity index is 400. The van der Waals surface area contributed by atoms with Crippen molar-refractivity contribution in [3.8, 4) is 11.5 Å². The number of nitrogens with one attached hydrogen (secondary N) is 1. The van der Waals surface area contributed by atoms with Gasteiger partial charge in [0.15, 0.2) is 11.5 Å². The molecule has 0 aliphatic carbocycles. The fourth-order valence-electron chi connectivity index (χ4n) is 2.64. The van der Waals surface area contributed by atoms with Crippen LogP contribution in [0, 0.1) is 0 Å². The fraction of sp³-hybridized carbons (Fsp3) is 0.625. The largest absolute Gasteiger partial charge is 0.454 e. The van der Waals surface area contributed by atoms with Gasteiger partial charge in [-0.15, -0.1) is 0 Å². The predicted molar refractivity (Wildman–Crippen MR) is 77.7 cm³/mol. The van der Waals surface area contributed by atoms with E-state index < -0.39 is 0 Å². The molecule has 0 amide bonds. The summed E-state index contributed by atoms with van der Waals surface area (Å²) in [5, 5.41) is 3.73. The average molecular weight is 263 g/mol. The lowest BCUT2D eigenvalue weighted by molar-refractivity contribution is 0.174. The van der Waals surface area contributed by atoms with E-state index in [1.54, 1.807) is 0 Å². The van der Waals surface area contributed by atoms with E-state index in [9.17, 15) is 0 Å². The first-order chi connectivity index (χ1) is 9.24. The standard InChI is InChI=1S/C16H25NO2/c1-4-6-14(7-5-2)17-12(3)13-8-9-15-16(10-13)19-11-18-15/h8-10,12,14,17H,4-7,11H2,1-3H3. The van der Waals surface area contributed by atoms with Crippen LogP contribution in [0.25, 0.3) is 0 Å². The van der Waals surface area contributed by atoms with E-state index in [1.807, 2.05) is 6.07 Å². The van der Waals surface area contributed by atoms with Crippen molar-refractivity contribution in [3.05, 3.63) is 23.8 Å². The second-order valence-electron chi connectivity index (χ2n) is 5.28. The highest BCUT2D eigenvalue weighted by atomic mass is 16.7. The van der Waals surface area contributed by atoms with Crippen LogP contribution in [0.2, 0.25) is 0 Å². The van der Waals surface area contributed by atoms with Crippen molar-refractivity contribution < 1.29 is 9.47 Å². The van der Waals surface area contributed by atoms with Crippen molar-refractivity contribution in [2.24, 2.45) is 0 Å². The van der Waals surface area contributed by atoms with Gasteiger partial charge in [0.05, 0.1) is 0 Å². The zero-order chi connectivity index (χ0) is 13.7. The molecule has 0 aromatic heterocycles. The molecule has 1 aromatic carbocycles. The molecule has 1 aromatic rings. The third kappa shape index (κ3) is 3.63. The molecular formula is C16H25NO2. The molecule has 0 saturated carbocycles. The van der Waals surface area contributed by atoms with Crippen LogP contribution in [0.1, 0.15) is 58.1 Å². The average Bonchev–Trinajstić information content (AvgIpc) is 2.86. The first kappa shape index (κ1) is 14.2. The number of ether oxygens (including phenoxy) is 2. The Kier molecular flexibility index (Phi) is 5.08. The van der Waals surface area contributed by atoms with Crippen molar-refractivity contribution in [2.75, 3.05) is 6.79 Å². The van der Waals surface area contributed by atoms with Gasteiger partial charge in [0, 0.05) is 12.1 Å². The lowest BCUT2D eigenvalue weighted by atomic mass is 10.0. The van der Waals surface area contributed by atoms with Crippen molar-refractivity contribution in [1.29, 1.82) is 0 Å². The summed E-state index contributed by atoms with van der Waals surface area (Å²) in [5.41, 5.74) is 1.27. The van der Waals surface area contributed by atoms with Crippen LogP contribution in [0.4, 0.5) is 0 Å². The molecule has 2 rings (SSSR count). The number of benzene rings is 1. The Hall–Kier alpha value is -1.22. The molecule has 106 valence electrons. The minimum Gasteiger partial charge on any atom is -0.454 e. The minimum absolute atomic E-state index is 0.342. The summed E-state index contributed by atoms with van der Waals surface area (Å²) in [6.07, 6.45) is 4.93. The maximum absolute atomic E-state index is 5.44. The summed E-state index contributed by atoms with van der Waals surface area (Å²) in [7, 11) is 0. The molecule has 1 N–H and O–H groups in total. The van der Waals surface area contributed by atoms with Crippen molar-refractivity contribution in [3.63, 3.8) is 0 Å². The Labute approximate surface area is 116 Å². The van der Waals surface area contributed by atoms with E-state index in [0.717, 1.165) is 11.5 Å². The number of fused-ring (bicyclic) bond motifs is 1. The van der Waals surface area contributed by atoms with Crippen molar-refractivity contribution >= 4 is 0 Å². The van der Waals surface area contributed by atoms with E-state index in [2.05, 4.69) is 38.2 Å². The summed E-state index contributed by atoms with van der Waals surface area (Å²) in [6, 6.07) is 7.17. The molecule has 3 heteroatoms. The third-order valence-corrected chi connectivity index (χ3v) is 3.66. The summed E-state index contributed by atoms with van der Waals surface area (Å²) in [6.45, 7) is 7.05. The summed E-state index contributed by atoms with van der Waals surface area (Å²) >= 11 is 0. The Morgan fingerprint density at radius 2 is 1.79 bits per heavy atom. The fourth-order valence-corrected chi connectivity index (χ4v) is 2.64. The van der Waals surface area contributed by atoms with Crippen LogP contribution < -0.4 is 14.8 Å². The van der Waals surface area contributed by atoms with Crippen LogP contribution >= 0.6 is 0 Å². The van der Waals surface area contributed by atoms with Gasteiger partial charge in [-0.1, -0.05) is 32.8 Å². The second-order valence-corrected chi connectivity index (χ2v) is 5.28. The smallest absolute Gasteiger partial charge is 0.231 e. The molecule has 1 aliphatic heterocycles. The first-order valence-corrected chi connectivity index (χ1v) is 7.40. The van der Waals surface area contributed by atoms with Gasteiger partial charge in [0.2, 0.25) is 6.79 Å². The quantitative estimate of drug-likeness (QED) is 0.805. The molecule has 1 heterocycles. The summed E-state index contributed by atoms with van der Waals surface area (Å²) in [5.74, 6) is 1.73.